The van der Waals surface area contributed by atoms with Crippen LogP contribution < -0.4 is 0 Å². The molecule has 1 heterocycles. The Kier molecular flexibility index (Phi) is 12.9. The van der Waals surface area contributed by atoms with Gasteiger partial charge < -0.3 is 24.0 Å². The number of unbranched alkanes of at least 4 members (excludes halogenated alkanes) is 2. The number of nitrogens with zero attached hydrogens (tertiary/aromatic N) is 2. The molecule has 3 aromatic carbocycles. The van der Waals surface area contributed by atoms with Gasteiger partial charge in [0, 0.05) is 59.4 Å². The van der Waals surface area contributed by atoms with Crippen molar-refractivity contribution in [3.05, 3.63) is 96.3 Å². The van der Waals surface area contributed by atoms with E-state index in [4.69, 9.17) is 14.3 Å². The third kappa shape index (κ3) is 8.01. The highest BCUT2D eigenvalue weighted by atomic mass is 32.1. The van der Waals surface area contributed by atoms with Crippen molar-refractivity contribution >= 4 is 57.7 Å². The van der Waals surface area contributed by atoms with Gasteiger partial charge in [-0.3, -0.25) is 9.59 Å². The minimum atomic E-state index is -1.58. The van der Waals surface area contributed by atoms with E-state index in [1.54, 1.807) is 48.5 Å². The molecule has 1 unspecified atom stereocenters. The van der Waals surface area contributed by atoms with Crippen molar-refractivity contribution in [2.24, 2.45) is 5.16 Å². The summed E-state index contributed by atoms with van der Waals surface area (Å²) in [5.74, 6) is -0.507. The molecule has 248 valence electrons. The number of thiol groups is 1. The Morgan fingerprint density at radius 1 is 0.936 bits per heavy atom. The van der Waals surface area contributed by atoms with Crippen molar-refractivity contribution in [3.8, 4) is 0 Å². The van der Waals surface area contributed by atoms with Gasteiger partial charge in [-0.2, -0.15) is 12.6 Å². The number of oxime groups is 1. The quantitative estimate of drug-likeness (QED) is 0.0211. The van der Waals surface area contributed by atoms with E-state index >= 15 is 0 Å². The number of methoxy groups -OCH3 is 1. The minimum absolute atomic E-state index is 0.103. The number of ketones is 2. The molecule has 0 radical (unpaired) electrons. The average molecular weight is 659 g/mol. The van der Waals surface area contributed by atoms with Gasteiger partial charge in [0.1, 0.15) is 5.71 Å². The molecule has 1 atom stereocenters. The van der Waals surface area contributed by atoms with E-state index in [1.807, 2.05) is 25.1 Å². The summed E-state index contributed by atoms with van der Waals surface area (Å²) in [6, 6.07) is 19.7. The van der Waals surface area contributed by atoms with Gasteiger partial charge in [-0.1, -0.05) is 48.5 Å². The van der Waals surface area contributed by atoms with Crippen molar-refractivity contribution < 1.29 is 33.8 Å². The second kappa shape index (κ2) is 17.1. The van der Waals surface area contributed by atoms with E-state index in [1.165, 1.54) is 13.4 Å². The van der Waals surface area contributed by atoms with Crippen molar-refractivity contribution in [3.63, 3.8) is 0 Å². The van der Waals surface area contributed by atoms with Crippen LogP contribution in [0.2, 0.25) is 0 Å². The van der Waals surface area contributed by atoms with Gasteiger partial charge in [0.05, 0.1) is 19.5 Å². The van der Waals surface area contributed by atoms with Gasteiger partial charge in [0.15, 0.2) is 5.60 Å². The van der Waals surface area contributed by atoms with Crippen LogP contribution in [0.25, 0.3) is 21.8 Å². The molecule has 0 saturated carbocycles. The fraction of sp³-hybridized carbons (Fsp3) is 0.351. The molecule has 0 spiro atoms. The van der Waals surface area contributed by atoms with Gasteiger partial charge in [-0.15, -0.1) is 0 Å². The minimum Gasteiger partial charge on any atom is -0.502 e. The number of aliphatic hydroxyl groups is 1. The highest BCUT2D eigenvalue weighted by molar-refractivity contribution is 7.80. The molecule has 1 N–H and O–H groups in total. The maximum absolute atomic E-state index is 14.0. The number of Topliss-reactive ketones (excluding diaryl/α,β-unsaturated/α-hetero) is 2. The molecule has 0 saturated heterocycles. The molecule has 4 rings (SSSR count). The summed E-state index contributed by atoms with van der Waals surface area (Å²) in [4.78, 5) is 45.3. The lowest BCUT2D eigenvalue weighted by Crippen LogP contribution is -2.41. The topological polar surface area (TPSA) is 116 Å². The van der Waals surface area contributed by atoms with E-state index in [0.717, 1.165) is 40.4 Å². The lowest BCUT2D eigenvalue weighted by Gasteiger charge is -2.29. The SMILES string of the molecule is C=COCCC/C(=N\OC(=O)CCCCCS)C(=O)c1ccc2c(c1)c1cc(C(=O)C(CO)(OC)c3ccccc3)ccc1n2CC. The number of aliphatic hydroxyl groups excluding tert-OH is 1. The standard InChI is InChI=1S/C37H42N2O7S/c1-4-39-32-19-17-26(35(42)31(15-12-21-45-5-2)38-46-34(41)16-10-7-11-22-47)23-29(32)30-24-27(18-20-33(30)39)36(43)37(25-40,44-3)28-13-8-6-9-14-28/h5-6,8-9,13-14,17-20,23-24,40,47H,2,4,7,10-12,15-16,21-22,25H2,1,3H3/b38-31+. The maximum Gasteiger partial charge on any atom is 0.335 e. The molecule has 9 nitrogen and oxygen atoms in total. The summed E-state index contributed by atoms with van der Waals surface area (Å²) in [6.45, 7) is 6.01. The van der Waals surface area contributed by atoms with Crippen LogP contribution in [-0.2, 0) is 31.3 Å². The van der Waals surface area contributed by atoms with Crippen LogP contribution in [0.3, 0.4) is 0 Å². The lowest BCUT2D eigenvalue weighted by atomic mass is 9.86. The number of ether oxygens (including phenoxy) is 2. The van der Waals surface area contributed by atoms with Crippen LogP contribution >= 0.6 is 12.6 Å². The number of carbonyl (C=O) groups excluding carboxylic acids is 3. The van der Waals surface area contributed by atoms with E-state index in [2.05, 4.69) is 28.9 Å². The van der Waals surface area contributed by atoms with Crippen molar-refractivity contribution in [2.45, 2.75) is 57.6 Å². The summed E-state index contributed by atoms with van der Waals surface area (Å²) < 4.78 is 13.0. The molecule has 0 amide bonds. The summed E-state index contributed by atoms with van der Waals surface area (Å²) >= 11 is 4.19. The van der Waals surface area contributed by atoms with E-state index in [9.17, 15) is 19.5 Å². The molecule has 4 aromatic rings. The Hall–Kier alpha value is -4.25. The smallest absolute Gasteiger partial charge is 0.335 e. The third-order valence-electron chi connectivity index (χ3n) is 8.24. The molecule has 47 heavy (non-hydrogen) atoms. The first-order valence-corrected chi connectivity index (χ1v) is 16.5. The highest BCUT2D eigenvalue weighted by Crippen LogP contribution is 2.34. The van der Waals surface area contributed by atoms with E-state index in [-0.39, 0.29) is 30.1 Å². The molecular formula is C37H42N2O7S. The summed E-state index contributed by atoms with van der Waals surface area (Å²) in [6.07, 6.45) is 4.64. The fourth-order valence-corrected chi connectivity index (χ4v) is 5.94. The molecule has 0 aliphatic heterocycles. The number of hydrogen-bond acceptors (Lipinski definition) is 9. The number of benzene rings is 3. The van der Waals surface area contributed by atoms with Crippen LogP contribution in [0, 0.1) is 0 Å². The second-order valence-corrected chi connectivity index (χ2v) is 11.5. The largest absolute Gasteiger partial charge is 0.502 e. The molecule has 10 heteroatoms. The first-order valence-electron chi connectivity index (χ1n) is 15.8. The van der Waals surface area contributed by atoms with Crippen molar-refractivity contribution in [1.82, 2.24) is 4.57 Å². The van der Waals surface area contributed by atoms with Crippen LogP contribution in [0.4, 0.5) is 0 Å². The van der Waals surface area contributed by atoms with Crippen LogP contribution in [-0.4, -0.2) is 59.0 Å². The number of fused-ring (bicyclic) bond motifs is 3. The number of carbonyl (C=O) groups is 3. The van der Waals surface area contributed by atoms with Gasteiger partial charge in [-0.05, 0) is 73.9 Å². The first-order chi connectivity index (χ1) is 22.8. The van der Waals surface area contributed by atoms with Crippen LogP contribution in [0.5, 0.6) is 0 Å². The van der Waals surface area contributed by atoms with Gasteiger partial charge >= 0.3 is 5.97 Å². The van der Waals surface area contributed by atoms with E-state index < -0.39 is 18.2 Å². The van der Waals surface area contributed by atoms with Gasteiger partial charge in [0.25, 0.3) is 0 Å². The molecule has 0 aliphatic rings. The Morgan fingerprint density at radius 2 is 1.62 bits per heavy atom. The Bertz CT molecular complexity index is 1740. The van der Waals surface area contributed by atoms with Crippen molar-refractivity contribution in [1.29, 1.82) is 0 Å². The fourth-order valence-electron chi connectivity index (χ4n) is 5.72. The number of aromatic nitrogens is 1. The van der Waals surface area contributed by atoms with Gasteiger partial charge in [0.2, 0.25) is 11.6 Å². The Morgan fingerprint density at radius 3 is 2.23 bits per heavy atom. The highest BCUT2D eigenvalue weighted by Gasteiger charge is 2.40. The van der Waals surface area contributed by atoms with Gasteiger partial charge in [-0.25, -0.2) is 4.79 Å². The average Bonchev–Trinajstić information content (AvgIpc) is 3.42. The predicted octanol–water partition coefficient (Wildman–Crippen LogP) is 7.04. The Labute approximate surface area is 280 Å². The zero-order valence-electron chi connectivity index (χ0n) is 26.9. The number of aryl methyl sites for hydroxylation is 1. The molecule has 0 aliphatic carbocycles. The van der Waals surface area contributed by atoms with Crippen LogP contribution in [0.1, 0.15) is 71.7 Å². The van der Waals surface area contributed by atoms with E-state index in [0.29, 0.717) is 42.7 Å². The first kappa shape index (κ1) is 35.6. The molecule has 1 aromatic heterocycles. The number of rotatable bonds is 19. The second-order valence-electron chi connectivity index (χ2n) is 11.1. The monoisotopic (exact) mass is 658 g/mol. The molecular weight excluding hydrogens is 616 g/mol. The van der Waals surface area contributed by atoms with Crippen molar-refractivity contribution in [2.75, 3.05) is 26.1 Å². The number of hydrogen-bond donors (Lipinski definition) is 2. The summed E-state index contributed by atoms with van der Waals surface area (Å²) in [7, 11) is 1.41. The Balaban J connectivity index is 1.73. The normalized spacial score (nSPS) is 13.0. The predicted molar refractivity (Wildman–Crippen MR) is 187 cm³/mol. The zero-order valence-corrected chi connectivity index (χ0v) is 27.8. The summed E-state index contributed by atoms with van der Waals surface area (Å²) in [5, 5.41) is 16.0. The van der Waals surface area contributed by atoms with Crippen LogP contribution in [0.15, 0.2) is 84.7 Å². The maximum atomic E-state index is 14.0. The molecule has 0 bridgehead atoms. The lowest BCUT2D eigenvalue weighted by molar-refractivity contribution is -0.143. The zero-order chi connectivity index (χ0) is 33.8. The third-order valence-corrected chi connectivity index (χ3v) is 8.55. The summed E-state index contributed by atoms with van der Waals surface area (Å²) in [5.41, 5.74) is 1.56. The molecule has 0 fully saturated rings.